The minimum absolute atomic E-state index is 0.114. The molecule has 0 aliphatic carbocycles. The Bertz CT molecular complexity index is 256. The molecule has 0 amide bonds. The van der Waals surface area contributed by atoms with Crippen LogP contribution in [-0.4, -0.2) is 25.3 Å². The van der Waals surface area contributed by atoms with E-state index in [9.17, 15) is 0 Å². The Morgan fingerprint density at radius 1 is 1.23 bits per heavy atom. The van der Waals surface area contributed by atoms with Crippen LogP contribution in [-0.2, 0) is 0 Å². The van der Waals surface area contributed by atoms with Gasteiger partial charge in [0.05, 0.1) is 6.61 Å². The molecule has 0 atom stereocenters. The second-order valence-electron chi connectivity index (χ2n) is 2.87. The van der Waals surface area contributed by atoms with Gasteiger partial charge in [-0.25, -0.2) is 0 Å². The van der Waals surface area contributed by atoms with Crippen molar-refractivity contribution in [3.05, 3.63) is 42.5 Å². The molecule has 0 fully saturated rings. The van der Waals surface area contributed by atoms with Crippen LogP contribution in [0.5, 0.6) is 0 Å². The van der Waals surface area contributed by atoms with E-state index in [4.69, 9.17) is 5.11 Å². The Balaban J connectivity index is 2.49. The van der Waals surface area contributed by atoms with E-state index in [2.05, 4.69) is 17.0 Å². The molecule has 0 unspecified atom stereocenters. The van der Waals surface area contributed by atoms with E-state index in [1.165, 1.54) is 5.69 Å². The zero-order valence-electron chi connectivity index (χ0n) is 7.85. The summed E-state index contributed by atoms with van der Waals surface area (Å²) in [6.07, 6.45) is 3.70. The minimum atomic E-state index is 0.114. The largest absolute Gasteiger partial charge is 0.392 e. The van der Waals surface area contributed by atoms with Crippen molar-refractivity contribution in [1.82, 2.24) is 0 Å². The Morgan fingerprint density at radius 3 is 2.54 bits per heavy atom. The van der Waals surface area contributed by atoms with Crippen LogP contribution in [0.2, 0.25) is 0 Å². The van der Waals surface area contributed by atoms with Crippen LogP contribution in [0.15, 0.2) is 42.5 Å². The summed E-state index contributed by atoms with van der Waals surface area (Å²) in [7, 11) is 2.02. The van der Waals surface area contributed by atoms with E-state index in [1.807, 2.05) is 31.3 Å². The fraction of sp³-hybridized carbons (Fsp3) is 0.273. The number of likely N-dealkylation sites (N-methyl/N-ethyl adjacent to an activating group) is 1. The first kappa shape index (κ1) is 9.81. The standard InChI is InChI=1S/C11H15NO/c1-12(9-5-6-10-13)11-7-3-2-4-8-11/h2-8,13H,9-10H2,1H3/b6-5-. The predicted octanol–water partition coefficient (Wildman–Crippen LogP) is 1.67. The highest BCUT2D eigenvalue weighted by atomic mass is 16.2. The number of benzene rings is 1. The minimum Gasteiger partial charge on any atom is -0.392 e. The molecule has 13 heavy (non-hydrogen) atoms. The van der Waals surface area contributed by atoms with Crippen LogP contribution in [0.1, 0.15) is 0 Å². The van der Waals surface area contributed by atoms with Crippen molar-refractivity contribution < 1.29 is 5.11 Å². The average molecular weight is 177 g/mol. The molecule has 0 aliphatic heterocycles. The van der Waals surface area contributed by atoms with Crippen molar-refractivity contribution in [3.63, 3.8) is 0 Å². The number of hydrogen-bond donors (Lipinski definition) is 1. The maximum Gasteiger partial charge on any atom is 0.0613 e. The van der Waals surface area contributed by atoms with Gasteiger partial charge in [0.1, 0.15) is 0 Å². The van der Waals surface area contributed by atoms with Gasteiger partial charge >= 0.3 is 0 Å². The first-order valence-electron chi connectivity index (χ1n) is 4.36. The summed E-state index contributed by atoms with van der Waals surface area (Å²) in [5, 5.41) is 8.54. The first-order valence-corrected chi connectivity index (χ1v) is 4.36. The second kappa shape index (κ2) is 5.38. The van der Waals surface area contributed by atoms with Crippen LogP contribution < -0.4 is 4.90 Å². The van der Waals surface area contributed by atoms with E-state index < -0.39 is 0 Å². The van der Waals surface area contributed by atoms with Gasteiger partial charge in [-0.3, -0.25) is 0 Å². The molecule has 1 rings (SSSR count). The number of anilines is 1. The number of nitrogens with zero attached hydrogens (tertiary/aromatic N) is 1. The van der Waals surface area contributed by atoms with Crippen LogP contribution in [0.3, 0.4) is 0 Å². The quantitative estimate of drug-likeness (QED) is 0.707. The highest BCUT2D eigenvalue weighted by molar-refractivity contribution is 5.45. The molecule has 0 saturated heterocycles. The fourth-order valence-corrected chi connectivity index (χ4v) is 1.10. The molecule has 0 radical (unpaired) electrons. The summed E-state index contributed by atoms with van der Waals surface area (Å²) in [5.41, 5.74) is 1.19. The molecule has 0 aromatic heterocycles. The Labute approximate surface area is 79.1 Å². The molecule has 1 aromatic rings. The Morgan fingerprint density at radius 2 is 1.92 bits per heavy atom. The van der Waals surface area contributed by atoms with Crippen LogP contribution in [0, 0.1) is 0 Å². The maximum absolute atomic E-state index is 8.54. The second-order valence-corrected chi connectivity index (χ2v) is 2.87. The van der Waals surface area contributed by atoms with E-state index in [-0.39, 0.29) is 6.61 Å². The molecular weight excluding hydrogens is 162 g/mol. The summed E-state index contributed by atoms with van der Waals surface area (Å²) in [5.74, 6) is 0. The molecular formula is C11H15NO. The lowest BCUT2D eigenvalue weighted by molar-refractivity contribution is 0.342. The van der Waals surface area contributed by atoms with Gasteiger partial charge in [-0.1, -0.05) is 30.4 Å². The van der Waals surface area contributed by atoms with Crippen molar-refractivity contribution in [3.8, 4) is 0 Å². The van der Waals surface area contributed by atoms with Crippen LogP contribution in [0.4, 0.5) is 5.69 Å². The predicted molar refractivity (Wildman–Crippen MR) is 55.9 cm³/mol. The topological polar surface area (TPSA) is 23.5 Å². The zero-order chi connectivity index (χ0) is 9.52. The highest BCUT2D eigenvalue weighted by Crippen LogP contribution is 2.09. The number of aliphatic hydroxyl groups is 1. The highest BCUT2D eigenvalue weighted by Gasteiger charge is 1.94. The lowest BCUT2D eigenvalue weighted by atomic mass is 10.3. The SMILES string of the molecule is CN(C/C=C\CO)c1ccccc1. The van der Waals surface area contributed by atoms with Crippen molar-refractivity contribution in [2.24, 2.45) is 0 Å². The van der Waals surface area contributed by atoms with Gasteiger partial charge < -0.3 is 10.0 Å². The maximum atomic E-state index is 8.54. The van der Waals surface area contributed by atoms with Gasteiger partial charge in [0.2, 0.25) is 0 Å². The number of rotatable bonds is 4. The molecule has 0 saturated carbocycles. The molecule has 2 heteroatoms. The number of para-hydroxylation sites is 1. The van der Waals surface area contributed by atoms with E-state index in [1.54, 1.807) is 6.08 Å². The molecule has 2 nitrogen and oxygen atoms in total. The number of hydrogen-bond acceptors (Lipinski definition) is 2. The Kier molecular flexibility index (Phi) is 4.06. The summed E-state index contributed by atoms with van der Waals surface area (Å²) in [6.45, 7) is 0.938. The third-order valence-electron chi connectivity index (χ3n) is 1.85. The van der Waals surface area contributed by atoms with Crippen molar-refractivity contribution in [2.75, 3.05) is 25.1 Å². The smallest absolute Gasteiger partial charge is 0.0613 e. The Hall–Kier alpha value is -1.28. The van der Waals surface area contributed by atoms with Crippen molar-refractivity contribution in [2.45, 2.75) is 0 Å². The van der Waals surface area contributed by atoms with E-state index in [0.717, 1.165) is 6.54 Å². The molecule has 0 spiro atoms. The molecule has 0 aliphatic rings. The fourth-order valence-electron chi connectivity index (χ4n) is 1.10. The van der Waals surface area contributed by atoms with Gasteiger partial charge in [-0.05, 0) is 12.1 Å². The van der Waals surface area contributed by atoms with Crippen LogP contribution >= 0.6 is 0 Å². The van der Waals surface area contributed by atoms with Gasteiger partial charge in [0.15, 0.2) is 0 Å². The van der Waals surface area contributed by atoms with Gasteiger partial charge in [-0.15, -0.1) is 0 Å². The van der Waals surface area contributed by atoms with E-state index >= 15 is 0 Å². The van der Waals surface area contributed by atoms with Gasteiger partial charge in [0.25, 0.3) is 0 Å². The summed E-state index contributed by atoms with van der Waals surface area (Å²) in [4.78, 5) is 2.12. The first-order chi connectivity index (χ1) is 6.34. The molecule has 1 N–H and O–H groups in total. The third-order valence-corrected chi connectivity index (χ3v) is 1.85. The van der Waals surface area contributed by atoms with Crippen LogP contribution in [0.25, 0.3) is 0 Å². The molecule has 1 aromatic carbocycles. The summed E-state index contributed by atoms with van der Waals surface area (Å²) < 4.78 is 0. The third kappa shape index (κ3) is 3.30. The van der Waals surface area contributed by atoms with Gasteiger partial charge in [-0.2, -0.15) is 0 Å². The van der Waals surface area contributed by atoms with Crippen molar-refractivity contribution in [1.29, 1.82) is 0 Å². The summed E-state index contributed by atoms with van der Waals surface area (Å²) in [6, 6.07) is 10.2. The normalized spacial score (nSPS) is 10.6. The zero-order valence-corrected chi connectivity index (χ0v) is 7.85. The molecule has 0 heterocycles. The number of aliphatic hydroxyl groups excluding tert-OH is 1. The lowest BCUT2D eigenvalue weighted by Crippen LogP contribution is -2.16. The lowest BCUT2D eigenvalue weighted by Gasteiger charge is -2.16. The average Bonchev–Trinajstić information content (AvgIpc) is 2.19. The molecule has 0 bridgehead atoms. The summed E-state index contributed by atoms with van der Waals surface area (Å²) >= 11 is 0. The monoisotopic (exact) mass is 177 g/mol. The van der Waals surface area contributed by atoms with E-state index in [0.29, 0.717) is 0 Å². The van der Waals surface area contributed by atoms with Gasteiger partial charge in [0, 0.05) is 19.3 Å². The van der Waals surface area contributed by atoms with Crippen molar-refractivity contribution >= 4 is 5.69 Å². The molecule has 70 valence electrons.